The highest BCUT2D eigenvalue weighted by atomic mass is 16.5. The standard InChI is InChI=1S/C18H25NO2/c1-15-8-10-19(11-9-15)14-17-13-18(21-2)7-6-16(17)5-3-4-12-20/h6-7,13,15,20H,4,8-12,14H2,1-2H3. The number of piperidine rings is 1. The van der Waals surface area contributed by atoms with E-state index in [4.69, 9.17) is 9.84 Å². The number of nitrogens with zero attached hydrogens (tertiary/aromatic N) is 1. The Balaban J connectivity index is 2.13. The number of likely N-dealkylation sites (tertiary alicyclic amines) is 1. The molecule has 1 saturated heterocycles. The van der Waals surface area contributed by atoms with Crippen molar-refractivity contribution in [2.45, 2.75) is 32.7 Å². The lowest BCUT2D eigenvalue weighted by Gasteiger charge is -2.30. The molecule has 0 bridgehead atoms. The third-order valence-electron chi connectivity index (χ3n) is 4.04. The second kappa shape index (κ2) is 8.07. The van der Waals surface area contributed by atoms with Gasteiger partial charge in [0.25, 0.3) is 0 Å². The van der Waals surface area contributed by atoms with Crippen molar-refractivity contribution in [3.05, 3.63) is 29.3 Å². The maximum absolute atomic E-state index is 8.85. The first-order valence-electron chi connectivity index (χ1n) is 7.72. The van der Waals surface area contributed by atoms with Crippen molar-refractivity contribution in [1.29, 1.82) is 0 Å². The molecule has 3 heteroatoms. The van der Waals surface area contributed by atoms with E-state index < -0.39 is 0 Å². The van der Waals surface area contributed by atoms with Gasteiger partial charge >= 0.3 is 0 Å². The van der Waals surface area contributed by atoms with E-state index in [2.05, 4.69) is 29.7 Å². The van der Waals surface area contributed by atoms with Crippen molar-refractivity contribution in [1.82, 2.24) is 4.90 Å². The van der Waals surface area contributed by atoms with Crippen LogP contribution in [-0.4, -0.2) is 36.8 Å². The fraction of sp³-hybridized carbons (Fsp3) is 0.556. The van der Waals surface area contributed by atoms with Crippen LogP contribution < -0.4 is 4.74 Å². The summed E-state index contributed by atoms with van der Waals surface area (Å²) in [5.41, 5.74) is 2.26. The summed E-state index contributed by atoms with van der Waals surface area (Å²) in [6, 6.07) is 6.05. The van der Waals surface area contributed by atoms with Crippen molar-refractivity contribution in [2.24, 2.45) is 5.92 Å². The summed E-state index contributed by atoms with van der Waals surface area (Å²) >= 11 is 0. The second-order valence-electron chi connectivity index (χ2n) is 5.76. The maximum atomic E-state index is 8.85. The van der Waals surface area contributed by atoms with E-state index in [9.17, 15) is 0 Å². The smallest absolute Gasteiger partial charge is 0.119 e. The van der Waals surface area contributed by atoms with E-state index >= 15 is 0 Å². The summed E-state index contributed by atoms with van der Waals surface area (Å²) in [6.45, 7) is 5.67. The van der Waals surface area contributed by atoms with E-state index in [1.807, 2.05) is 12.1 Å². The molecular formula is C18H25NO2. The molecule has 1 aliphatic heterocycles. The third kappa shape index (κ3) is 4.77. The predicted octanol–water partition coefficient (Wildman–Crippen LogP) is 2.66. The number of benzene rings is 1. The SMILES string of the molecule is COc1ccc(C#CCCO)c(CN2CCC(C)CC2)c1. The van der Waals surface area contributed by atoms with Crippen LogP contribution in [0.1, 0.15) is 37.3 Å². The van der Waals surface area contributed by atoms with Gasteiger partial charge in [-0.2, -0.15) is 0 Å². The molecule has 1 heterocycles. The molecule has 3 nitrogen and oxygen atoms in total. The Morgan fingerprint density at radius 3 is 2.76 bits per heavy atom. The third-order valence-corrected chi connectivity index (χ3v) is 4.04. The average Bonchev–Trinajstić information content (AvgIpc) is 2.51. The molecule has 2 rings (SSSR count). The van der Waals surface area contributed by atoms with Crippen molar-refractivity contribution in [3.8, 4) is 17.6 Å². The van der Waals surface area contributed by atoms with Crippen LogP contribution in [0, 0.1) is 17.8 Å². The van der Waals surface area contributed by atoms with Crippen molar-refractivity contribution < 1.29 is 9.84 Å². The minimum atomic E-state index is 0.114. The van der Waals surface area contributed by atoms with Gasteiger partial charge in [0.05, 0.1) is 13.7 Å². The van der Waals surface area contributed by atoms with Gasteiger partial charge in [-0.05, 0) is 55.6 Å². The summed E-state index contributed by atoms with van der Waals surface area (Å²) in [7, 11) is 1.69. The van der Waals surface area contributed by atoms with Gasteiger partial charge in [0.15, 0.2) is 0 Å². The molecule has 0 aromatic heterocycles. The van der Waals surface area contributed by atoms with Crippen molar-refractivity contribution in [2.75, 3.05) is 26.8 Å². The molecular weight excluding hydrogens is 262 g/mol. The summed E-state index contributed by atoms with van der Waals surface area (Å²) in [4.78, 5) is 2.49. The molecule has 0 aliphatic carbocycles. The number of aliphatic hydroxyl groups is 1. The van der Waals surface area contributed by atoms with Crippen LogP contribution in [0.4, 0.5) is 0 Å². The Labute approximate surface area is 127 Å². The fourth-order valence-electron chi connectivity index (χ4n) is 2.62. The van der Waals surface area contributed by atoms with Gasteiger partial charge in [0.2, 0.25) is 0 Å². The van der Waals surface area contributed by atoms with Crippen LogP contribution in [0.3, 0.4) is 0 Å². The van der Waals surface area contributed by atoms with Gasteiger partial charge in [-0.15, -0.1) is 0 Å². The Kier molecular flexibility index (Phi) is 6.10. The summed E-state index contributed by atoms with van der Waals surface area (Å²) in [5, 5.41) is 8.85. The highest BCUT2D eigenvalue weighted by Gasteiger charge is 2.16. The first-order chi connectivity index (χ1) is 10.2. The normalized spacial score (nSPS) is 16.3. The van der Waals surface area contributed by atoms with Gasteiger partial charge in [-0.25, -0.2) is 0 Å². The van der Waals surface area contributed by atoms with Crippen molar-refractivity contribution in [3.63, 3.8) is 0 Å². The van der Waals surface area contributed by atoms with E-state index in [1.54, 1.807) is 7.11 Å². The molecule has 1 aromatic carbocycles. The Hall–Kier alpha value is -1.50. The Bertz CT molecular complexity index is 508. The highest BCUT2D eigenvalue weighted by molar-refractivity contribution is 5.45. The van der Waals surface area contributed by atoms with Crippen LogP contribution in [0.15, 0.2) is 18.2 Å². The summed E-state index contributed by atoms with van der Waals surface area (Å²) in [5.74, 6) is 7.91. The van der Waals surface area contributed by atoms with Crippen LogP contribution in [-0.2, 0) is 6.54 Å². The van der Waals surface area contributed by atoms with Gasteiger partial charge < -0.3 is 9.84 Å². The topological polar surface area (TPSA) is 32.7 Å². The quantitative estimate of drug-likeness (QED) is 0.864. The number of methoxy groups -OCH3 is 1. The molecule has 1 aliphatic rings. The number of aliphatic hydroxyl groups excluding tert-OH is 1. The first-order valence-corrected chi connectivity index (χ1v) is 7.72. The monoisotopic (exact) mass is 287 g/mol. The van der Waals surface area contributed by atoms with E-state index in [0.717, 1.165) is 36.9 Å². The summed E-state index contributed by atoms with van der Waals surface area (Å²) < 4.78 is 5.34. The lowest BCUT2D eigenvalue weighted by molar-refractivity contribution is 0.185. The Morgan fingerprint density at radius 1 is 1.33 bits per heavy atom. The molecule has 0 atom stereocenters. The molecule has 114 valence electrons. The van der Waals surface area contributed by atoms with Crippen LogP contribution >= 0.6 is 0 Å². The molecule has 1 fully saturated rings. The maximum Gasteiger partial charge on any atom is 0.119 e. The average molecular weight is 287 g/mol. The molecule has 21 heavy (non-hydrogen) atoms. The molecule has 0 amide bonds. The molecule has 1 N–H and O–H groups in total. The van der Waals surface area contributed by atoms with Gasteiger partial charge in [-0.3, -0.25) is 4.90 Å². The molecule has 0 radical (unpaired) electrons. The van der Waals surface area contributed by atoms with Gasteiger partial charge in [0.1, 0.15) is 5.75 Å². The van der Waals surface area contributed by atoms with Gasteiger partial charge in [0, 0.05) is 18.5 Å². The van der Waals surface area contributed by atoms with E-state index in [1.165, 1.54) is 18.4 Å². The van der Waals surface area contributed by atoms with Crippen LogP contribution in [0.25, 0.3) is 0 Å². The number of ether oxygens (including phenoxy) is 1. The largest absolute Gasteiger partial charge is 0.497 e. The lowest BCUT2D eigenvalue weighted by atomic mass is 9.98. The number of rotatable bonds is 4. The molecule has 0 saturated carbocycles. The first kappa shape index (κ1) is 15.9. The summed E-state index contributed by atoms with van der Waals surface area (Å²) in [6.07, 6.45) is 3.07. The van der Waals surface area contributed by atoms with Crippen LogP contribution in [0.2, 0.25) is 0 Å². The molecule has 1 aromatic rings. The number of hydrogen-bond donors (Lipinski definition) is 1. The zero-order chi connectivity index (χ0) is 15.1. The van der Waals surface area contributed by atoms with Crippen LogP contribution in [0.5, 0.6) is 5.75 Å². The second-order valence-corrected chi connectivity index (χ2v) is 5.76. The minimum absolute atomic E-state index is 0.114. The molecule has 0 unspecified atom stereocenters. The zero-order valence-electron chi connectivity index (χ0n) is 13.1. The number of hydrogen-bond acceptors (Lipinski definition) is 3. The lowest BCUT2D eigenvalue weighted by Crippen LogP contribution is -2.32. The predicted molar refractivity (Wildman–Crippen MR) is 85.2 cm³/mol. The van der Waals surface area contributed by atoms with Gasteiger partial charge in [-0.1, -0.05) is 18.8 Å². The highest BCUT2D eigenvalue weighted by Crippen LogP contribution is 2.22. The fourth-order valence-corrected chi connectivity index (χ4v) is 2.62. The Morgan fingerprint density at radius 2 is 2.10 bits per heavy atom. The van der Waals surface area contributed by atoms with Crippen molar-refractivity contribution >= 4 is 0 Å². The zero-order valence-corrected chi connectivity index (χ0v) is 13.1. The molecule has 0 spiro atoms. The minimum Gasteiger partial charge on any atom is -0.497 e. The van der Waals surface area contributed by atoms with E-state index in [0.29, 0.717) is 6.42 Å². The van der Waals surface area contributed by atoms with E-state index in [-0.39, 0.29) is 6.61 Å².